The normalized spacial score (nSPS) is 19.3. The Balaban J connectivity index is 1.59. The van der Waals surface area contributed by atoms with E-state index in [0.29, 0.717) is 31.4 Å². The van der Waals surface area contributed by atoms with Crippen LogP contribution in [-0.2, 0) is 0 Å². The van der Waals surface area contributed by atoms with Gasteiger partial charge in [-0.25, -0.2) is 4.98 Å². The maximum atomic E-state index is 12.4. The van der Waals surface area contributed by atoms with Gasteiger partial charge in [-0.1, -0.05) is 12.1 Å². The molecule has 1 aliphatic heterocycles. The fraction of sp³-hybridized carbons (Fsp3) is 0.467. The van der Waals surface area contributed by atoms with Crippen molar-refractivity contribution < 1.29 is 13.2 Å². The summed E-state index contributed by atoms with van der Waals surface area (Å²) in [6, 6.07) is 7.42. The van der Waals surface area contributed by atoms with Gasteiger partial charge in [-0.3, -0.25) is 4.90 Å². The smallest absolute Gasteiger partial charge is 0.383 e. The van der Waals surface area contributed by atoms with Crippen molar-refractivity contribution in [2.45, 2.75) is 12.6 Å². The van der Waals surface area contributed by atoms with E-state index in [1.807, 2.05) is 24.3 Å². The molecule has 1 saturated heterocycles. The molecule has 1 atom stereocenters. The van der Waals surface area contributed by atoms with E-state index in [9.17, 15) is 13.2 Å². The summed E-state index contributed by atoms with van der Waals surface area (Å²) in [6.07, 6.45) is -3.41. The number of para-hydroxylation sites is 1. The Hall–Kier alpha value is -2.09. The minimum Gasteiger partial charge on any atom is -0.383 e. The second-order valence-corrected chi connectivity index (χ2v) is 5.84. The molecule has 0 aliphatic carbocycles. The molecule has 0 amide bonds. The van der Waals surface area contributed by atoms with Crippen LogP contribution < -0.4 is 11.1 Å². The topological polar surface area (TPSA) is 67.1 Å². The molecule has 1 aromatic heterocycles. The average Bonchev–Trinajstić information content (AvgIpc) is 2.90. The zero-order valence-electron chi connectivity index (χ0n) is 12.5. The molecule has 1 fully saturated rings. The van der Waals surface area contributed by atoms with Crippen molar-refractivity contribution >= 4 is 22.7 Å². The number of likely N-dealkylation sites (tertiary alicyclic amines) is 1. The number of nitrogens with two attached hydrogens (primary N) is 1. The van der Waals surface area contributed by atoms with E-state index in [-0.39, 0.29) is 5.92 Å². The van der Waals surface area contributed by atoms with Gasteiger partial charge in [-0.2, -0.15) is 18.2 Å². The summed E-state index contributed by atoms with van der Waals surface area (Å²) >= 11 is 0. The van der Waals surface area contributed by atoms with E-state index in [1.165, 1.54) is 4.90 Å². The zero-order valence-corrected chi connectivity index (χ0v) is 12.5. The Morgan fingerprint density at radius 3 is 2.83 bits per heavy atom. The van der Waals surface area contributed by atoms with E-state index in [0.717, 1.165) is 17.3 Å². The summed E-state index contributed by atoms with van der Waals surface area (Å²) in [6.45, 7) is 0.581. The fourth-order valence-corrected chi connectivity index (χ4v) is 2.89. The third-order valence-corrected chi connectivity index (χ3v) is 3.95. The molecule has 0 spiro atoms. The summed E-state index contributed by atoms with van der Waals surface area (Å²) < 4.78 is 37.2. The van der Waals surface area contributed by atoms with Crippen LogP contribution in [-0.4, -0.2) is 47.2 Å². The minimum absolute atomic E-state index is 0.147. The molecule has 3 rings (SSSR count). The molecule has 124 valence electrons. The van der Waals surface area contributed by atoms with Crippen molar-refractivity contribution in [3.8, 4) is 0 Å². The molecule has 0 bridgehead atoms. The highest BCUT2D eigenvalue weighted by Crippen LogP contribution is 2.23. The molecule has 5 nitrogen and oxygen atoms in total. The Morgan fingerprint density at radius 2 is 2.04 bits per heavy atom. The number of rotatable bonds is 4. The van der Waals surface area contributed by atoms with Gasteiger partial charge in [0.1, 0.15) is 5.82 Å². The lowest BCUT2D eigenvalue weighted by molar-refractivity contribution is -0.143. The van der Waals surface area contributed by atoms with Gasteiger partial charge in [0, 0.05) is 18.5 Å². The van der Waals surface area contributed by atoms with Crippen molar-refractivity contribution in [3.05, 3.63) is 24.3 Å². The molecule has 23 heavy (non-hydrogen) atoms. The molecule has 0 unspecified atom stereocenters. The van der Waals surface area contributed by atoms with Crippen LogP contribution in [0.4, 0.5) is 24.9 Å². The standard InChI is InChI=1S/C15H18F3N5/c16-15(17,18)9-23-6-5-10(8-23)7-20-14-21-12-4-2-1-3-11(12)13(19)22-14/h1-4,10H,5-9H2,(H3,19,20,21,22)/t10-/m0/s1. The summed E-state index contributed by atoms with van der Waals surface area (Å²) in [7, 11) is 0. The number of nitrogens with one attached hydrogen (secondary N) is 1. The summed E-state index contributed by atoms with van der Waals surface area (Å²) in [4.78, 5) is 10.0. The van der Waals surface area contributed by atoms with E-state index in [1.54, 1.807) is 0 Å². The molecule has 1 aliphatic rings. The van der Waals surface area contributed by atoms with Crippen molar-refractivity contribution in [3.63, 3.8) is 0 Å². The monoisotopic (exact) mass is 325 g/mol. The largest absolute Gasteiger partial charge is 0.401 e. The zero-order chi connectivity index (χ0) is 16.4. The summed E-state index contributed by atoms with van der Waals surface area (Å²) in [5.74, 6) is 0.951. The van der Waals surface area contributed by atoms with Gasteiger partial charge in [0.25, 0.3) is 0 Å². The van der Waals surface area contributed by atoms with Gasteiger partial charge in [-0.05, 0) is 31.0 Å². The molecular formula is C15H18F3N5. The average molecular weight is 325 g/mol. The third-order valence-electron chi connectivity index (χ3n) is 3.95. The highest BCUT2D eigenvalue weighted by atomic mass is 19.4. The number of benzene rings is 1. The second kappa shape index (κ2) is 6.19. The predicted molar refractivity (Wildman–Crippen MR) is 83.0 cm³/mol. The van der Waals surface area contributed by atoms with Gasteiger partial charge in [0.05, 0.1) is 12.1 Å². The molecular weight excluding hydrogens is 307 g/mol. The number of hydrogen-bond acceptors (Lipinski definition) is 5. The van der Waals surface area contributed by atoms with Crippen LogP contribution in [0, 0.1) is 5.92 Å². The van der Waals surface area contributed by atoms with Gasteiger partial charge in [-0.15, -0.1) is 0 Å². The maximum absolute atomic E-state index is 12.4. The van der Waals surface area contributed by atoms with Crippen molar-refractivity contribution in [1.29, 1.82) is 0 Å². The second-order valence-electron chi connectivity index (χ2n) is 5.84. The molecule has 0 saturated carbocycles. The SMILES string of the molecule is Nc1nc(NC[C@@H]2CCN(CC(F)(F)F)C2)nc2ccccc12. The molecule has 3 N–H and O–H groups in total. The number of nitrogen functional groups attached to an aromatic ring is 1. The van der Waals surface area contributed by atoms with E-state index >= 15 is 0 Å². The van der Waals surface area contributed by atoms with Crippen LogP contribution in [0.3, 0.4) is 0 Å². The van der Waals surface area contributed by atoms with E-state index < -0.39 is 12.7 Å². The maximum Gasteiger partial charge on any atom is 0.401 e. The van der Waals surface area contributed by atoms with Gasteiger partial charge in [0.15, 0.2) is 0 Å². The molecule has 1 aromatic carbocycles. The lowest BCUT2D eigenvalue weighted by atomic mass is 10.1. The summed E-state index contributed by atoms with van der Waals surface area (Å²) in [5.41, 5.74) is 6.65. The molecule has 8 heteroatoms. The first-order valence-electron chi connectivity index (χ1n) is 7.46. The summed E-state index contributed by atoms with van der Waals surface area (Å²) in [5, 5.41) is 3.88. The van der Waals surface area contributed by atoms with E-state index in [4.69, 9.17) is 5.73 Å². The number of fused-ring (bicyclic) bond motifs is 1. The quantitative estimate of drug-likeness (QED) is 0.904. The van der Waals surface area contributed by atoms with Crippen LogP contribution in [0.5, 0.6) is 0 Å². The Morgan fingerprint density at radius 1 is 1.26 bits per heavy atom. The number of hydrogen-bond donors (Lipinski definition) is 2. The first-order valence-corrected chi connectivity index (χ1v) is 7.46. The van der Waals surface area contributed by atoms with Crippen LogP contribution in [0.2, 0.25) is 0 Å². The molecule has 2 heterocycles. The van der Waals surface area contributed by atoms with Crippen molar-refractivity contribution in [2.75, 3.05) is 37.2 Å². The molecule has 0 radical (unpaired) electrons. The first kappa shape index (κ1) is 15.8. The number of nitrogens with zero attached hydrogens (tertiary/aromatic N) is 3. The van der Waals surface area contributed by atoms with E-state index in [2.05, 4.69) is 15.3 Å². The fourth-order valence-electron chi connectivity index (χ4n) is 2.89. The van der Waals surface area contributed by atoms with Crippen LogP contribution in [0.25, 0.3) is 10.9 Å². The molecule has 2 aromatic rings. The number of halogens is 3. The number of alkyl halides is 3. The van der Waals surface area contributed by atoms with Gasteiger partial charge < -0.3 is 11.1 Å². The Labute approximate surface area is 131 Å². The van der Waals surface area contributed by atoms with Gasteiger partial charge >= 0.3 is 6.18 Å². The number of anilines is 2. The third kappa shape index (κ3) is 4.01. The Kier molecular flexibility index (Phi) is 4.25. The lowest BCUT2D eigenvalue weighted by Gasteiger charge is -2.18. The highest BCUT2D eigenvalue weighted by Gasteiger charge is 2.34. The van der Waals surface area contributed by atoms with Crippen LogP contribution >= 0.6 is 0 Å². The lowest BCUT2D eigenvalue weighted by Crippen LogP contribution is -2.33. The van der Waals surface area contributed by atoms with Crippen molar-refractivity contribution in [1.82, 2.24) is 14.9 Å². The van der Waals surface area contributed by atoms with Gasteiger partial charge in [0.2, 0.25) is 5.95 Å². The minimum atomic E-state index is -4.14. The first-order chi connectivity index (χ1) is 10.9. The van der Waals surface area contributed by atoms with Crippen molar-refractivity contribution in [2.24, 2.45) is 5.92 Å². The predicted octanol–water partition coefficient (Wildman–Crippen LogP) is 2.51. The Bertz CT molecular complexity index is 688. The van der Waals surface area contributed by atoms with Crippen LogP contribution in [0.15, 0.2) is 24.3 Å². The highest BCUT2D eigenvalue weighted by molar-refractivity contribution is 5.88. The van der Waals surface area contributed by atoms with Crippen LogP contribution in [0.1, 0.15) is 6.42 Å². The number of aromatic nitrogens is 2.